The molecule has 6 nitrogen and oxygen atoms in total. The second-order valence-corrected chi connectivity index (χ2v) is 5.54. The van der Waals surface area contributed by atoms with Crippen LogP contribution in [0.4, 0.5) is 13.2 Å². The smallest absolute Gasteiger partial charge is 0.438 e. The van der Waals surface area contributed by atoms with Gasteiger partial charge in [0.1, 0.15) is 5.75 Å². The minimum Gasteiger partial charge on any atom is -0.484 e. The van der Waals surface area contributed by atoms with Gasteiger partial charge in [-0.1, -0.05) is 13.3 Å². The second kappa shape index (κ2) is 7.11. The van der Waals surface area contributed by atoms with E-state index in [-0.39, 0.29) is 22.9 Å². The molecular formula is C16H16F3N3O3. The number of benzene rings is 1. The molecule has 1 N–H and O–H groups in total. The summed E-state index contributed by atoms with van der Waals surface area (Å²) in [5.41, 5.74) is -2.88. The molecule has 1 aromatic rings. The third-order valence-electron chi connectivity index (χ3n) is 3.62. The summed E-state index contributed by atoms with van der Waals surface area (Å²) in [6.45, 7) is 1.03. The topological polar surface area (TPSA) is 85.9 Å². The fourth-order valence-corrected chi connectivity index (χ4v) is 2.36. The molecule has 1 amide bonds. The molecule has 1 aromatic carbocycles. The van der Waals surface area contributed by atoms with Crippen LogP contribution in [0.25, 0.3) is 0 Å². The van der Waals surface area contributed by atoms with Gasteiger partial charge in [-0.3, -0.25) is 4.79 Å². The van der Waals surface area contributed by atoms with Gasteiger partial charge in [0.05, 0.1) is 11.6 Å². The number of rotatable bonds is 5. The first-order valence-corrected chi connectivity index (χ1v) is 7.52. The highest BCUT2D eigenvalue weighted by Gasteiger charge is 2.63. The molecule has 0 aliphatic carbocycles. The number of carbonyl (C=O) groups excluding carboxylic acids is 1. The zero-order valence-corrected chi connectivity index (χ0v) is 13.4. The van der Waals surface area contributed by atoms with Crippen LogP contribution in [-0.2, 0) is 4.79 Å². The first kappa shape index (κ1) is 18.7. The standard InChI is InChI=1S/C16H16F3N3O3/c1-2-3-12-8-15(24,16(17,18)19)22(21-12)14(23)10-25-13-6-4-11(9-20)5-7-13/h4-7,24H,2-3,8,10H2,1H3/t15-/m1/s1. The van der Waals surface area contributed by atoms with Crippen molar-refractivity contribution < 1.29 is 27.8 Å². The van der Waals surface area contributed by atoms with E-state index in [0.717, 1.165) is 0 Å². The lowest BCUT2D eigenvalue weighted by Gasteiger charge is -2.32. The van der Waals surface area contributed by atoms with Crippen LogP contribution in [-0.4, -0.2) is 40.2 Å². The lowest BCUT2D eigenvalue weighted by Crippen LogP contribution is -2.57. The number of alkyl halides is 3. The van der Waals surface area contributed by atoms with Crippen molar-refractivity contribution in [1.82, 2.24) is 5.01 Å². The van der Waals surface area contributed by atoms with Gasteiger partial charge >= 0.3 is 6.18 Å². The fourth-order valence-electron chi connectivity index (χ4n) is 2.36. The molecule has 9 heteroatoms. The van der Waals surface area contributed by atoms with Crippen molar-refractivity contribution >= 4 is 11.6 Å². The van der Waals surface area contributed by atoms with Crippen molar-refractivity contribution in [3.63, 3.8) is 0 Å². The molecule has 0 unspecified atom stereocenters. The van der Waals surface area contributed by atoms with Crippen molar-refractivity contribution in [3.8, 4) is 11.8 Å². The fraction of sp³-hybridized carbons (Fsp3) is 0.438. The van der Waals surface area contributed by atoms with E-state index in [0.29, 0.717) is 12.0 Å². The summed E-state index contributed by atoms with van der Waals surface area (Å²) < 4.78 is 44.8. The van der Waals surface area contributed by atoms with Gasteiger partial charge in [0.25, 0.3) is 11.6 Å². The van der Waals surface area contributed by atoms with Crippen molar-refractivity contribution in [3.05, 3.63) is 29.8 Å². The molecule has 134 valence electrons. The summed E-state index contributed by atoms with van der Waals surface area (Å²) in [6, 6.07) is 7.62. The molecule has 25 heavy (non-hydrogen) atoms. The van der Waals surface area contributed by atoms with Crippen molar-refractivity contribution in [1.29, 1.82) is 5.26 Å². The van der Waals surface area contributed by atoms with Crippen molar-refractivity contribution in [2.45, 2.75) is 38.1 Å². The molecule has 2 rings (SSSR count). The number of aliphatic hydroxyl groups is 1. The lowest BCUT2D eigenvalue weighted by molar-refractivity contribution is -0.302. The maximum Gasteiger partial charge on any atom is 0.438 e. The van der Waals surface area contributed by atoms with Gasteiger partial charge in [-0.15, -0.1) is 0 Å². The third kappa shape index (κ3) is 3.91. The summed E-state index contributed by atoms with van der Waals surface area (Å²) >= 11 is 0. The Morgan fingerprint density at radius 3 is 2.60 bits per heavy atom. The van der Waals surface area contributed by atoms with Crippen LogP contribution in [0.3, 0.4) is 0 Å². The molecule has 1 aliphatic heterocycles. The Bertz CT molecular complexity index is 710. The summed E-state index contributed by atoms with van der Waals surface area (Å²) in [5, 5.41) is 22.4. The summed E-state index contributed by atoms with van der Waals surface area (Å²) in [4.78, 5) is 12.1. The number of amides is 1. The molecular weight excluding hydrogens is 339 g/mol. The van der Waals surface area contributed by atoms with Crippen LogP contribution < -0.4 is 4.74 Å². The average Bonchev–Trinajstić information content (AvgIpc) is 2.91. The predicted octanol–water partition coefficient (Wildman–Crippen LogP) is 2.58. The lowest BCUT2D eigenvalue weighted by atomic mass is 10.0. The molecule has 0 radical (unpaired) electrons. The normalized spacial score (nSPS) is 20.2. The maximum atomic E-state index is 13.2. The number of hydrazone groups is 1. The number of nitriles is 1. The van der Waals surface area contributed by atoms with Crippen LogP contribution in [0.5, 0.6) is 5.75 Å². The van der Waals surface area contributed by atoms with E-state index in [4.69, 9.17) is 10.00 Å². The summed E-state index contributed by atoms with van der Waals surface area (Å²) in [7, 11) is 0. The Morgan fingerprint density at radius 2 is 2.08 bits per heavy atom. The molecule has 0 aromatic heterocycles. The first-order valence-electron chi connectivity index (χ1n) is 7.52. The van der Waals surface area contributed by atoms with E-state index in [1.165, 1.54) is 24.3 Å². The molecule has 1 atom stereocenters. The number of ether oxygens (including phenoxy) is 1. The highest BCUT2D eigenvalue weighted by atomic mass is 19.4. The van der Waals surface area contributed by atoms with Gasteiger partial charge < -0.3 is 9.84 Å². The Morgan fingerprint density at radius 1 is 1.44 bits per heavy atom. The summed E-state index contributed by atoms with van der Waals surface area (Å²) in [5.74, 6) is -0.907. The largest absolute Gasteiger partial charge is 0.484 e. The van der Waals surface area contributed by atoms with Gasteiger partial charge in [0, 0.05) is 12.1 Å². The van der Waals surface area contributed by atoms with Crippen molar-refractivity contribution in [2.75, 3.05) is 6.61 Å². The van der Waals surface area contributed by atoms with E-state index < -0.39 is 30.8 Å². The highest BCUT2D eigenvalue weighted by molar-refractivity contribution is 5.91. The number of hydrogen-bond acceptors (Lipinski definition) is 5. The molecule has 0 spiro atoms. The minimum atomic E-state index is -5.05. The number of hydrogen-bond donors (Lipinski definition) is 1. The molecule has 0 fully saturated rings. The Hall–Kier alpha value is -2.60. The number of halogens is 3. The van der Waals surface area contributed by atoms with Crippen LogP contribution in [0.2, 0.25) is 0 Å². The molecule has 1 heterocycles. The minimum absolute atomic E-state index is 0.0572. The van der Waals surface area contributed by atoms with Gasteiger partial charge in [-0.05, 0) is 30.7 Å². The van der Waals surface area contributed by atoms with Crippen LogP contribution in [0.1, 0.15) is 31.7 Å². The maximum absolute atomic E-state index is 13.2. The van der Waals surface area contributed by atoms with E-state index >= 15 is 0 Å². The third-order valence-corrected chi connectivity index (χ3v) is 3.62. The van der Waals surface area contributed by atoms with E-state index in [1.807, 2.05) is 6.07 Å². The Balaban J connectivity index is 2.12. The monoisotopic (exact) mass is 355 g/mol. The van der Waals surface area contributed by atoms with Gasteiger partial charge in [-0.25, -0.2) is 0 Å². The average molecular weight is 355 g/mol. The summed E-state index contributed by atoms with van der Waals surface area (Å²) in [6.07, 6.45) is -5.03. The van der Waals surface area contributed by atoms with Gasteiger partial charge in [-0.2, -0.15) is 28.5 Å². The quantitative estimate of drug-likeness (QED) is 0.880. The molecule has 0 saturated heterocycles. The highest BCUT2D eigenvalue weighted by Crippen LogP contribution is 2.40. The zero-order valence-electron chi connectivity index (χ0n) is 13.4. The van der Waals surface area contributed by atoms with Crippen LogP contribution in [0, 0.1) is 11.3 Å². The SMILES string of the molecule is CCCC1=NN(C(=O)COc2ccc(C#N)cc2)[C@](O)(C(F)(F)F)C1. The molecule has 0 bridgehead atoms. The first-order chi connectivity index (χ1) is 11.7. The zero-order chi connectivity index (χ0) is 18.7. The predicted molar refractivity (Wildman–Crippen MR) is 81.5 cm³/mol. The van der Waals surface area contributed by atoms with E-state index in [9.17, 15) is 23.1 Å². The van der Waals surface area contributed by atoms with Crippen LogP contribution >= 0.6 is 0 Å². The van der Waals surface area contributed by atoms with Gasteiger partial charge in [0.2, 0.25) is 0 Å². The molecule has 1 aliphatic rings. The molecule has 0 saturated carbocycles. The Labute approximate surface area is 142 Å². The van der Waals surface area contributed by atoms with Crippen LogP contribution in [0.15, 0.2) is 29.4 Å². The van der Waals surface area contributed by atoms with E-state index in [1.54, 1.807) is 6.92 Å². The van der Waals surface area contributed by atoms with Gasteiger partial charge in [0.15, 0.2) is 6.61 Å². The number of carbonyl (C=O) groups is 1. The Kier molecular flexibility index (Phi) is 5.33. The van der Waals surface area contributed by atoms with E-state index in [2.05, 4.69) is 5.10 Å². The number of nitrogens with zero attached hydrogens (tertiary/aromatic N) is 3. The van der Waals surface area contributed by atoms with Crippen molar-refractivity contribution in [2.24, 2.45) is 5.10 Å². The second-order valence-electron chi connectivity index (χ2n) is 5.54.